The van der Waals surface area contributed by atoms with Crippen molar-refractivity contribution in [1.29, 1.82) is 0 Å². The lowest BCUT2D eigenvalue weighted by Crippen LogP contribution is -2.28. The molecule has 1 aromatic carbocycles. The summed E-state index contributed by atoms with van der Waals surface area (Å²) < 4.78 is 16.2. The van der Waals surface area contributed by atoms with Gasteiger partial charge in [-0.25, -0.2) is 4.39 Å². The van der Waals surface area contributed by atoms with E-state index in [1.807, 2.05) is 29.8 Å². The van der Waals surface area contributed by atoms with E-state index < -0.39 is 0 Å². The molecule has 1 aromatic heterocycles. The Hall–Kier alpha value is -1.62. The predicted molar refractivity (Wildman–Crippen MR) is 82.7 cm³/mol. The van der Waals surface area contributed by atoms with Crippen LogP contribution in [0.1, 0.15) is 47.9 Å². The van der Waals surface area contributed by atoms with Crippen molar-refractivity contribution in [3.05, 3.63) is 58.1 Å². The number of amides is 1. The summed E-state index contributed by atoms with van der Waals surface area (Å²) in [4.78, 5) is 12.4. The lowest BCUT2D eigenvalue weighted by Gasteiger charge is -2.15. The van der Waals surface area contributed by atoms with Gasteiger partial charge in [0.05, 0.1) is 6.04 Å². The minimum atomic E-state index is -0.294. The van der Waals surface area contributed by atoms with E-state index in [9.17, 15) is 9.18 Å². The second-order valence-corrected chi connectivity index (χ2v) is 6.35. The Labute approximate surface area is 131 Å². The number of benzene rings is 1. The van der Waals surface area contributed by atoms with Gasteiger partial charge in [-0.05, 0) is 59.5 Å². The maximum Gasteiger partial charge on any atom is 0.268 e. The smallest absolute Gasteiger partial charge is 0.268 e. The van der Waals surface area contributed by atoms with E-state index in [0.29, 0.717) is 11.7 Å². The van der Waals surface area contributed by atoms with Gasteiger partial charge in [0, 0.05) is 16.7 Å². The number of aromatic nitrogens is 1. The molecular formula is C16H16BrFN2O. The molecule has 1 unspecified atom stereocenters. The van der Waals surface area contributed by atoms with Crippen LogP contribution in [0.15, 0.2) is 41.0 Å². The quantitative estimate of drug-likeness (QED) is 0.880. The number of hydrogen-bond donors (Lipinski definition) is 1. The SMILES string of the molecule is CC(NC(=O)c1cc(Br)cn1C1CC1)c1cccc(F)c1. The van der Waals surface area contributed by atoms with Crippen molar-refractivity contribution in [2.24, 2.45) is 0 Å². The zero-order valence-electron chi connectivity index (χ0n) is 11.6. The summed E-state index contributed by atoms with van der Waals surface area (Å²) in [5.74, 6) is -0.429. The zero-order valence-corrected chi connectivity index (χ0v) is 13.2. The number of nitrogens with one attached hydrogen (secondary N) is 1. The first kappa shape index (κ1) is 14.3. The van der Waals surface area contributed by atoms with Crippen LogP contribution in [0.5, 0.6) is 0 Å². The minimum Gasteiger partial charge on any atom is -0.344 e. The summed E-state index contributed by atoms with van der Waals surface area (Å²) in [6.07, 6.45) is 4.17. The number of carbonyl (C=O) groups is 1. The highest BCUT2D eigenvalue weighted by Crippen LogP contribution is 2.37. The Bertz CT molecular complexity index is 679. The van der Waals surface area contributed by atoms with Gasteiger partial charge in [0.2, 0.25) is 0 Å². The molecule has 21 heavy (non-hydrogen) atoms. The van der Waals surface area contributed by atoms with Gasteiger partial charge in [0.15, 0.2) is 0 Å². The largest absolute Gasteiger partial charge is 0.344 e. The third kappa shape index (κ3) is 3.18. The van der Waals surface area contributed by atoms with Crippen LogP contribution >= 0.6 is 15.9 Å². The standard InChI is InChI=1S/C16H16BrFN2O/c1-10(11-3-2-4-13(18)7-11)19-16(21)15-8-12(17)9-20(15)14-5-6-14/h2-4,7-10,14H,5-6H2,1H3,(H,19,21). The van der Waals surface area contributed by atoms with E-state index in [1.54, 1.807) is 6.07 Å². The molecule has 0 radical (unpaired) electrons. The average molecular weight is 351 g/mol. The van der Waals surface area contributed by atoms with E-state index >= 15 is 0 Å². The molecule has 110 valence electrons. The van der Waals surface area contributed by atoms with E-state index in [-0.39, 0.29) is 17.8 Å². The van der Waals surface area contributed by atoms with Crippen LogP contribution in [0.25, 0.3) is 0 Å². The van der Waals surface area contributed by atoms with Crippen LogP contribution in [0.2, 0.25) is 0 Å². The summed E-state index contributed by atoms with van der Waals surface area (Å²) in [5, 5.41) is 2.93. The van der Waals surface area contributed by atoms with Crippen molar-refractivity contribution in [2.75, 3.05) is 0 Å². The van der Waals surface area contributed by atoms with Crippen LogP contribution in [-0.4, -0.2) is 10.5 Å². The molecule has 1 atom stereocenters. The summed E-state index contributed by atoms with van der Waals surface area (Å²) in [5.41, 5.74) is 1.40. The Balaban J connectivity index is 1.77. The van der Waals surface area contributed by atoms with Gasteiger partial charge in [-0.15, -0.1) is 0 Å². The fraction of sp³-hybridized carbons (Fsp3) is 0.312. The van der Waals surface area contributed by atoms with Gasteiger partial charge in [0.25, 0.3) is 5.91 Å². The van der Waals surface area contributed by atoms with Crippen LogP contribution in [0.4, 0.5) is 4.39 Å². The van der Waals surface area contributed by atoms with E-state index in [1.165, 1.54) is 12.1 Å². The lowest BCUT2D eigenvalue weighted by atomic mass is 10.1. The molecule has 0 spiro atoms. The van der Waals surface area contributed by atoms with Crippen molar-refractivity contribution >= 4 is 21.8 Å². The lowest BCUT2D eigenvalue weighted by molar-refractivity contribution is 0.0930. The molecule has 0 bridgehead atoms. The Morgan fingerprint density at radius 2 is 2.19 bits per heavy atom. The van der Waals surface area contributed by atoms with Crippen molar-refractivity contribution in [1.82, 2.24) is 9.88 Å². The molecule has 1 fully saturated rings. The number of nitrogens with zero attached hydrogens (tertiary/aromatic N) is 1. The summed E-state index contributed by atoms with van der Waals surface area (Å²) >= 11 is 3.42. The highest BCUT2D eigenvalue weighted by molar-refractivity contribution is 9.10. The first-order valence-electron chi connectivity index (χ1n) is 6.98. The molecule has 1 saturated carbocycles. The minimum absolute atomic E-state index is 0.135. The molecule has 5 heteroatoms. The normalized spacial score (nSPS) is 15.8. The van der Waals surface area contributed by atoms with Crippen molar-refractivity contribution in [2.45, 2.75) is 31.8 Å². The monoisotopic (exact) mass is 350 g/mol. The Kier molecular flexibility index (Phi) is 3.85. The van der Waals surface area contributed by atoms with Gasteiger partial charge >= 0.3 is 0 Å². The number of rotatable bonds is 4. The molecule has 3 nitrogen and oxygen atoms in total. The molecule has 1 amide bonds. The topological polar surface area (TPSA) is 34.0 Å². The van der Waals surface area contributed by atoms with E-state index in [4.69, 9.17) is 0 Å². The summed E-state index contributed by atoms with van der Waals surface area (Å²) in [7, 11) is 0. The first-order valence-corrected chi connectivity index (χ1v) is 7.77. The van der Waals surface area contributed by atoms with Crippen LogP contribution in [0, 0.1) is 5.82 Å². The highest BCUT2D eigenvalue weighted by atomic mass is 79.9. The third-order valence-corrected chi connectivity index (χ3v) is 4.12. The van der Waals surface area contributed by atoms with Crippen LogP contribution in [0.3, 0.4) is 0 Å². The predicted octanol–water partition coefficient (Wildman–Crippen LogP) is 4.22. The fourth-order valence-electron chi connectivity index (χ4n) is 2.41. The molecule has 1 N–H and O–H groups in total. The number of carbonyl (C=O) groups excluding carboxylic acids is 1. The molecule has 0 saturated heterocycles. The van der Waals surface area contributed by atoms with Crippen LogP contribution < -0.4 is 5.32 Å². The second kappa shape index (κ2) is 5.64. The molecule has 1 heterocycles. The van der Waals surface area contributed by atoms with Gasteiger partial charge in [-0.2, -0.15) is 0 Å². The second-order valence-electron chi connectivity index (χ2n) is 5.43. The van der Waals surface area contributed by atoms with Crippen molar-refractivity contribution in [3.8, 4) is 0 Å². The molecular weight excluding hydrogens is 335 g/mol. The molecule has 0 aliphatic heterocycles. The molecule has 2 aromatic rings. The maximum absolute atomic E-state index is 13.2. The van der Waals surface area contributed by atoms with Gasteiger partial charge in [-0.3, -0.25) is 4.79 Å². The summed E-state index contributed by atoms with van der Waals surface area (Å²) in [6.45, 7) is 1.85. The average Bonchev–Trinajstić information content (AvgIpc) is 3.21. The van der Waals surface area contributed by atoms with Crippen molar-refractivity contribution in [3.63, 3.8) is 0 Å². The molecule has 3 rings (SSSR count). The maximum atomic E-state index is 13.2. The number of halogens is 2. The highest BCUT2D eigenvalue weighted by Gasteiger charge is 2.28. The van der Waals surface area contributed by atoms with Crippen LogP contribution in [-0.2, 0) is 0 Å². The zero-order chi connectivity index (χ0) is 15.0. The van der Waals surface area contributed by atoms with Gasteiger partial charge in [0.1, 0.15) is 11.5 Å². The van der Waals surface area contributed by atoms with Gasteiger partial charge < -0.3 is 9.88 Å². The fourth-order valence-corrected chi connectivity index (χ4v) is 2.85. The number of hydrogen-bond acceptors (Lipinski definition) is 1. The summed E-state index contributed by atoms with van der Waals surface area (Å²) in [6, 6.07) is 8.32. The Morgan fingerprint density at radius 1 is 1.43 bits per heavy atom. The molecule has 1 aliphatic carbocycles. The first-order chi connectivity index (χ1) is 10.0. The Morgan fingerprint density at radius 3 is 2.86 bits per heavy atom. The van der Waals surface area contributed by atoms with Crippen molar-refractivity contribution < 1.29 is 9.18 Å². The molecule has 1 aliphatic rings. The van der Waals surface area contributed by atoms with Gasteiger partial charge in [-0.1, -0.05) is 12.1 Å². The third-order valence-electron chi connectivity index (χ3n) is 3.68. The van der Waals surface area contributed by atoms with E-state index in [0.717, 1.165) is 22.9 Å². The van der Waals surface area contributed by atoms with E-state index in [2.05, 4.69) is 21.2 Å².